The first kappa shape index (κ1) is 13.4. The smallest absolute Gasteiger partial charge is 0.196 e. The van der Waals surface area contributed by atoms with E-state index in [0.717, 1.165) is 5.65 Å². The third kappa shape index (κ3) is 2.68. The molecule has 0 spiro atoms. The molecule has 0 radical (unpaired) electrons. The molecule has 3 rings (SSSR count). The highest BCUT2D eigenvalue weighted by molar-refractivity contribution is 7.99. The van der Waals surface area contributed by atoms with E-state index in [1.54, 1.807) is 4.40 Å². The first-order valence-corrected chi connectivity index (χ1v) is 7.11. The number of phenolic OH excluding ortho intramolecular Hbond substituents is 2. The van der Waals surface area contributed by atoms with Gasteiger partial charge in [0, 0.05) is 11.8 Å². The fourth-order valence-electron chi connectivity index (χ4n) is 1.83. The van der Waals surface area contributed by atoms with Crippen LogP contribution in [-0.2, 0) is 0 Å². The van der Waals surface area contributed by atoms with E-state index in [1.165, 1.54) is 30.0 Å². The summed E-state index contributed by atoms with van der Waals surface area (Å²) >= 11 is 1.27. The Morgan fingerprint density at radius 1 is 1.14 bits per heavy atom. The molecule has 0 fully saturated rings. The summed E-state index contributed by atoms with van der Waals surface area (Å²) in [5.41, 5.74) is 1.06. The Bertz CT molecular complexity index is 816. The zero-order valence-corrected chi connectivity index (χ0v) is 11.6. The lowest BCUT2D eigenvalue weighted by Gasteiger charge is -2.02. The van der Waals surface area contributed by atoms with Crippen molar-refractivity contribution in [3.63, 3.8) is 0 Å². The third-order valence-electron chi connectivity index (χ3n) is 2.91. The average molecular weight is 301 g/mol. The molecule has 0 aliphatic rings. The number of nitrogens with zero attached hydrogens (tertiary/aromatic N) is 3. The van der Waals surface area contributed by atoms with Gasteiger partial charge in [-0.3, -0.25) is 9.20 Å². The Labute approximate surface area is 124 Å². The lowest BCUT2D eigenvalue weighted by atomic mass is 10.1. The summed E-state index contributed by atoms with van der Waals surface area (Å²) in [5.74, 6) is -0.552. The van der Waals surface area contributed by atoms with Crippen LogP contribution in [0.1, 0.15) is 10.4 Å². The number of ketones is 1. The van der Waals surface area contributed by atoms with Crippen molar-refractivity contribution < 1.29 is 15.0 Å². The zero-order chi connectivity index (χ0) is 14.8. The molecule has 6 nitrogen and oxygen atoms in total. The molecule has 2 heterocycles. The van der Waals surface area contributed by atoms with Crippen molar-refractivity contribution in [1.82, 2.24) is 14.6 Å². The Hall–Kier alpha value is -2.54. The summed E-state index contributed by atoms with van der Waals surface area (Å²) in [6.07, 6.45) is 1.83. The van der Waals surface area contributed by atoms with E-state index < -0.39 is 0 Å². The number of hydrogen-bond donors (Lipinski definition) is 2. The number of carbonyl (C=O) groups is 1. The van der Waals surface area contributed by atoms with Crippen molar-refractivity contribution in [2.45, 2.75) is 5.16 Å². The Morgan fingerprint density at radius 2 is 2.00 bits per heavy atom. The van der Waals surface area contributed by atoms with Crippen molar-refractivity contribution in [2.24, 2.45) is 0 Å². The summed E-state index contributed by atoms with van der Waals surface area (Å²) in [4.78, 5) is 12.1. The van der Waals surface area contributed by atoms with Crippen molar-refractivity contribution >= 4 is 23.2 Å². The Balaban J connectivity index is 1.75. The van der Waals surface area contributed by atoms with Gasteiger partial charge in [-0.25, -0.2) is 0 Å². The van der Waals surface area contributed by atoms with Crippen molar-refractivity contribution in [3.05, 3.63) is 48.2 Å². The van der Waals surface area contributed by atoms with Crippen LogP contribution in [0, 0.1) is 0 Å². The summed E-state index contributed by atoms with van der Waals surface area (Å²) in [5, 5.41) is 27.3. The summed E-state index contributed by atoms with van der Waals surface area (Å²) in [6, 6.07) is 9.57. The molecular weight excluding hydrogens is 290 g/mol. The number of hydrogen-bond acceptors (Lipinski definition) is 6. The first-order valence-electron chi connectivity index (χ1n) is 6.13. The molecule has 0 saturated carbocycles. The topological polar surface area (TPSA) is 87.7 Å². The molecular formula is C14H11N3O3S. The highest BCUT2D eigenvalue weighted by Crippen LogP contribution is 2.26. The molecule has 1 aromatic carbocycles. The maximum atomic E-state index is 12.1. The van der Waals surface area contributed by atoms with Crippen LogP contribution in [0.3, 0.4) is 0 Å². The molecule has 7 heteroatoms. The molecule has 0 aliphatic carbocycles. The van der Waals surface area contributed by atoms with Crippen molar-refractivity contribution in [2.75, 3.05) is 5.75 Å². The van der Waals surface area contributed by atoms with Gasteiger partial charge in [0.05, 0.1) is 5.75 Å². The van der Waals surface area contributed by atoms with Crippen LogP contribution in [0.4, 0.5) is 0 Å². The van der Waals surface area contributed by atoms with Crippen LogP contribution in [0.15, 0.2) is 47.8 Å². The van der Waals surface area contributed by atoms with E-state index in [2.05, 4.69) is 10.2 Å². The molecule has 3 aromatic rings. The van der Waals surface area contributed by atoms with Crippen LogP contribution in [0.25, 0.3) is 5.65 Å². The predicted molar refractivity (Wildman–Crippen MR) is 77.8 cm³/mol. The molecule has 0 amide bonds. The summed E-state index contributed by atoms with van der Waals surface area (Å²) in [6.45, 7) is 0. The number of Topliss-reactive ketones (excluding diaryl/α,β-unsaturated/α-hetero) is 1. The standard InChI is InChI=1S/C14H11N3O3S/c18-10-5-4-9(7-11(10)19)12(20)8-21-14-16-15-13-3-1-2-6-17(13)14/h1-7,18-19H,8H2. The van der Waals surface area contributed by atoms with E-state index >= 15 is 0 Å². The van der Waals surface area contributed by atoms with Crippen LogP contribution in [0.5, 0.6) is 11.5 Å². The van der Waals surface area contributed by atoms with Crippen LogP contribution in [0.2, 0.25) is 0 Å². The molecule has 106 valence electrons. The van der Waals surface area contributed by atoms with Crippen LogP contribution in [-0.4, -0.2) is 36.3 Å². The summed E-state index contributed by atoms with van der Waals surface area (Å²) in [7, 11) is 0. The normalized spacial score (nSPS) is 10.9. The Kier molecular flexibility index (Phi) is 3.49. The van der Waals surface area contributed by atoms with Gasteiger partial charge in [-0.05, 0) is 30.3 Å². The minimum atomic E-state index is -0.307. The maximum Gasteiger partial charge on any atom is 0.196 e. The van der Waals surface area contributed by atoms with Crippen LogP contribution >= 0.6 is 11.8 Å². The first-order chi connectivity index (χ1) is 10.1. The number of fused-ring (bicyclic) bond motifs is 1. The number of pyridine rings is 1. The van der Waals surface area contributed by atoms with Crippen molar-refractivity contribution in [1.29, 1.82) is 0 Å². The van der Waals surface area contributed by atoms with Gasteiger partial charge in [0.2, 0.25) is 0 Å². The minimum Gasteiger partial charge on any atom is -0.504 e. The number of aromatic nitrogens is 3. The van der Waals surface area contributed by atoms with E-state index in [0.29, 0.717) is 10.7 Å². The summed E-state index contributed by atoms with van der Waals surface area (Å²) < 4.78 is 1.80. The monoisotopic (exact) mass is 301 g/mol. The second kappa shape index (κ2) is 5.45. The quantitative estimate of drug-likeness (QED) is 0.436. The number of benzene rings is 1. The van der Waals surface area contributed by atoms with Gasteiger partial charge in [0.1, 0.15) is 0 Å². The Morgan fingerprint density at radius 3 is 2.81 bits per heavy atom. The third-order valence-corrected chi connectivity index (χ3v) is 3.86. The largest absolute Gasteiger partial charge is 0.504 e. The second-order valence-electron chi connectivity index (χ2n) is 4.33. The SMILES string of the molecule is O=C(CSc1nnc2ccccn12)c1ccc(O)c(O)c1. The molecule has 0 saturated heterocycles. The van der Waals surface area contributed by atoms with Gasteiger partial charge in [-0.2, -0.15) is 0 Å². The molecule has 0 bridgehead atoms. The highest BCUT2D eigenvalue weighted by atomic mass is 32.2. The van der Waals surface area contributed by atoms with Gasteiger partial charge in [0.25, 0.3) is 0 Å². The van der Waals surface area contributed by atoms with Gasteiger partial charge in [-0.15, -0.1) is 10.2 Å². The number of aromatic hydroxyl groups is 2. The van der Waals surface area contributed by atoms with E-state index in [1.807, 2.05) is 24.4 Å². The number of thioether (sulfide) groups is 1. The fraction of sp³-hybridized carbons (Fsp3) is 0.0714. The zero-order valence-electron chi connectivity index (χ0n) is 10.8. The average Bonchev–Trinajstić information content (AvgIpc) is 2.91. The molecule has 2 aromatic heterocycles. The highest BCUT2D eigenvalue weighted by Gasteiger charge is 2.12. The maximum absolute atomic E-state index is 12.1. The molecule has 21 heavy (non-hydrogen) atoms. The molecule has 0 atom stereocenters. The molecule has 0 unspecified atom stereocenters. The van der Waals surface area contributed by atoms with E-state index in [9.17, 15) is 15.0 Å². The fourth-order valence-corrected chi connectivity index (χ4v) is 2.65. The lowest BCUT2D eigenvalue weighted by molar-refractivity contribution is 0.102. The molecule has 0 aliphatic heterocycles. The predicted octanol–water partition coefficient (Wildman–Crippen LogP) is 2.12. The minimum absolute atomic E-state index is 0.164. The number of phenols is 2. The van der Waals surface area contributed by atoms with E-state index in [-0.39, 0.29) is 23.0 Å². The van der Waals surface area contributed by atoms with Gasteiger partial charge < -0.3 is 10.2 Å². The lowest BCUT2D eigenvalue weighted by Crippen LogP contribution is -2.03. The number of carbonyl (C=O) groups excluding carboxylic acids is 1. The van der Waals surface area contributed by atoms with Crippen LogP contribution < -0.4 is 0 Å². The number of rotatable bonds is 4. The van der Waals surface area contributed by atoms with Gasteiger partial charge in [0.15, 0.2) is 28.1 Å². The van der Waals surface area contributed by atoms with Gasteiger partial charge >= 0.3 is 0 Å². The van der Waals surface area contributed by atoms with Crippen molar-refractivity contribution in [3.8, 4) is 11.5 Å². The second-order valence-corrected chi connectivity index (χ2v) is 5.27. The van der Waals surface area contributed by atoms with E-state index in [4.69, 9.17) is 0 Å². The molecule has 2 N–H and O–H groups in total. The van der Waals surface area contributed by atoms with Gasteiger partial charge in [-0.1, -0.05) is 17.8 Å².